The number of hydrogen-bond acceptors (Lipinski definition) is 6. The predicted molar refractivity (Wildman–Crippen MR) is 144 cm³/mol. The minimum absolute atomic E-state index is 0.387. The highest BCUT2D eigenvalue weighted by atomic mass is 16.5. The Balaban J connectivity index is 1.25. The Morgan fingerprint density at radius 1 is 0.838 bits per heavy atom. The average Bonchev–Trinajstić information content (AvgIpc) is 3.17. The van der Waals surface area contributed by atoms with Gasteiger partial charge in [-0.25, -0.2) is 0 Å². The van der Waals surface area contributed by atoms with Crippen molar-refractivity contribution in [2.24, 2.45) is 0 Å². The lowest BCUT2D eigenvalue weighted by Crippen LogP contribution is -2.49. The lowest BCUT2D eigenvalue weighted by Gasteiger charge is -2.46. The minimum Gasteiger partial charge on any atom is -0.493 e. The number of hydrogen-bond donors (Lipinski definition) is 0. The molecule has 0 amide bonds. The molecule has 4 aromatic rings. The zero-order valence-corrected chi connectivity index (χ0v) is 21.0. The van der Waals surface area contributed by atoms with Crippen LogP contribution in [0.25, 0.3) is 11.1 Å². The molecule has 0 radical (unpaired) electrons. The smallest absolute Gasteiger partial charge is 0.192 e. The second-order valence-electron chi connectivity index (χ2n) is 10.2. The van der Waals surface area contributed by atoms with E-state index in [-0.39, 0.29) is 0 Å². The van der Waals surface area contributed by atoms with E-state index >= 15 is 0 Å². The van der Waals surface area contributed by atoms with Crippen LogP contribution in [0.4, 0.5) is 11.4 Å². The molecule has 2 bridgehead atoms. The summed E-state index contributed by atoms with van der Waals surface area (Å²) in [5.74, 6) is 2.43. The predicted octanol–water partition coefficient (Wildman–Crippen LogP) is 6.59. The van der Waals surface area contributed by atoms with Gasteiger partial charge < -0.3 is 14.4 Å². The van der Waals surface area contributed by atoms with Crippen LogP contribution >= 0.6 is 0 Å². The van der Waals surface area contributed by atoms with E-state index in [4.69, 9.17) is 9.47 Å². The van der Waals surface area contributed by atoms with Crippen molar-refractivity contribution in [1.82, 2.24) is 14.9 Å². The van der Waals surface area contributed by atoms with Crippen molar-refractivity contribution in [1.29, 1.82) is 0 Å². The molecule has 37 heavy (non-hydrogen) atoms. The zero-order chi connectivity index (χ0) is 24.8. The second kappa shape index (κ2) is 9.20. The fraction of sp³-hybridized carbons (Fsp3) is 0.290. The number of aromatic nitrogens is 2. The Morgan fingerprint density at radius 3 is 2.43 bits per heavy atom. The maximum absolute atomic E-state index is 6.55. The molecule has 0 spiro atoms. The van der Waals surface area contributed by atoms with Gasteiger partial charge in [-0.05, 0) is 85.3 Å². The Labute approximate surface area is 217 Å². The first kappa shape index (κ1) is 22.3. The summed E-state index contributed by atoms with van der Waals surface area (Å²) < 4.78 is 12.3. The van der Waals surface area contributed by atoms with Crippen LogP contribution in [0.5, 0.6) is 17.2 Å². The number of para-hydroxylation sites is 1. The van der Waals surface area contributed by atoms with Crippen LogP contribution in [0.15, 0.2) is 85.3 Å². The number of piperidine rings is 1. The van der Waals surface area contributed by atoms with E-state index in [1.54, 1.807) is 7.11 Å². The molecule has 2 aromatic heterocycles. The maximum Gasteiger partial charge on any atom is 0.192 e. The van der Waals surface area contributed by atoms with Crippen LogP contribution in [0.3, 0.4) is 0 Å². The van der Waals surface area contributed by atoms with Crippen LogP contribution in [0, 0.1) is 0 Å². The van der Waals surface area contributed by atoms with E-state index in [2.05, 4.69) is 62.2 Å². The third-order valence-corrected chi connectivity index (χ3v) is 8.18. The molecule has 2 unspecified atom stereocenters. The van der Waals surface area contributed by atoms with Crippen LogP contribution in [0.2, 0.25) is 0 Å². The van der Waals surface area contributed by atoms with E-state index in [0.717, 1.165) is 64.8 Å². The number of benzene rings is 2. The van der Waals surface area contributed by atoms with Crippen molar-refractivity contribution >= 4 is 11.4 Å². The maximum atomic E-state index is 6.55. The third kappa shape index (κ3) is 3.92. The molecule has 0 N–H and O–H groups in total. The molecule has 2 saturated heterocycles. The summed E-state index contributed by atoms with van der Waals surface area (Å²) in [7, 11) is 1.71. The lowest BCUT2D eigenvalue weighted by atomic mass is 9.93. The molecule has 0 saturated carbocycles. The Kier molecular flexibility index (Phi) is 5.55. The molecular weight excluding hydrogens is 460 g/mol. The van der Waals surface area contributed by atoms with Crippen LogP contribution in [-0.2, 0) is 6.54 Å². The van der Waals surface area contributed by atoms with E-state index in [0.29, 0.717) is 18.1 Å². The largest absolute Gasteiger partial charge is 0.493 e. The second-order valence-corrected chi connectivity index (χ2v) is 10.2. The molecule has 5 heterocycles. The molecule has 2 fully saturated rings. The highest BCUT2D eigenvalue weighted by Gasteiger charge is 2.44. The molecule has 3 aliphatic rings. The molecular formula is C31H30N4O2. The summed E-state index contributed by atoms with van der Waals surface area (Å²) in [4.78, 5) is 14.0. The topological polar surface area (TPSA) is 50.7 Å². The van der Waals surface area contributed by atoms with E-state index in [1.165, 1.54) is 12.8 Å². The van der Waals surface area contributed by atoms with Gasteiger partial charge in [0.1, 0.15) is 0 Å². The first-order chi connectivity index (χ1) is 18.3. The monoisotopic (exact) mass is 490 g/mol. The normalized spacial score (nSPS) is 22.2. The third-order valence-electron chi connectivity index (χ3n) is 8.18. The van der Waals surface area contributed by atoms with Crippen LogP contribution in [-0.4, -0.2) is 40.1 Å². The summed E-state index contributed by atoms with van der Waals surface area (Å²) in [6.07, 6.45) is 10.3. The van der Waals surface area contributed by atoms with E-state index in [9.17, 15) is 0 Å². The van der Waals surface area contributed by atoms with Gasteiger partial charge in [-0.1, -0.05) is 18.2 Å². The number of fused-ring (bicyclic) bond motifs is 4. The number of anilines is 2. The standard InChI is InChI=1S/C31H30N4O2/c1-36-29-7-4-6-28-31(29)37-30-17-22(21-12-15-32-16-13-21)8-11-27(30)35(28)26-18-24-9-10-25(19-26)34(24)20-23-5-2-3-14-33-23/h2-8,11-17,24-26H,9-10,18-20H2,1H3. The van der Waals surface area contributed by atoms with Crippen molar-refractivity contribution in [3.63, 3.8) is 0 Å². The number of ether oxygens (including phenoxy) is 2. The lowest BCUT2D eigenvalue weighted by molar-refractivity contribution is 0.118. The van der Waals surface area contributed by atoms with Gasteiger partial charge in [-0.15, -0.1) is 0 Å². The fourth-order valence-electron chi connectivity index (χ4n) is 6.50. The minimum atomic E-state index is 0.387. The van der Waals surface area contributed by atoms with E-state index in [1.807, 2.05) is 42.9 Å². The highest BCUT2D eigenvalue weighted by Crippen LogP contribution is 2.54. The molecule has 6 heteroatoms. The molecule has 7 rings (SSSR count). The summed E-state index contributed by atoms with van der Waals surface area (Å²) in [5, 5.41) is 0. The van der Waals surface area contributed by atoms with Crippen LogP contribution in [0.1, 0.15) is 31.4 Å². The molecule has 3 aliphatic heterocycles. The number of pyridine rings is 2. The highest BCUT2D eigenvalue weighted by molar-refractivity contribution is 5.83. The first-order valence-corrected chi connectivity index (χ1v) is 13.1. The van der Waals surface area contributed by atoms with Gasteiger partial charge in [0, 0.05) is 43.3 Å². The van der Waals surface area contributed by atoms with Gasteiger partial charge in [0.15, 0.2) is 17.2 Å². The van der Waals surface area contributed by atoms with Gasteiger partial charge in [0.25, 0.3) is 0 Å². The van der Waals surface area contributed by atoms with Gasteiger partial charge in [-0.3, -0.25) is 14.9 Å². The number of methoxy groups -OCH3 is 1. The van der Waals surface area contributed by atoms with Crippen LogP contribution < -0.4 is 14.4 Å². The van der Waals surface area contributed by atoms with Crippen molar-refractivity contribution in [3.8, 4) is 28.4 Å². The van der Waals surface area contributed by atoms with Gasteiger partial charge in [-0.2, -0.15) is 0 Å². The summed E-state index contributed by atoms with van der Waals surface area (Å²) in [6, 6.07) is 24.6. The molecule has 6 nitrogen and oxygen atoms in total. The SMILES string of the molecule is COc1cccc2c1Oc1cc(-c3ccncc3)ccc1N2C1CC2CCC(C1)N2Cc1ccccn1. The van der Waals surface area contributed by atoms with Gasteiger partial charge >= 0.3 is 0 Å². The van der Waals surface area contributed by atoms with Gasteiger partial charge in [0.05, 0.1) is 24.2 Å². The first-order valence-electron chi connectivity index (χ1n) is 13.1. The Bertz CT molecular complexity index is 1400. The Hall–Kier alpha value is -3.90. The van der Waals surface area contributed by atoms with Crippen molar-refractivity contribution < 1.29 is 9.47 Å². The molecule has 0 aliphatic carbocycles. The average molecular weight is 491 g/mol. The fourth-order valence-corrected chi connectivity index (χ4v) is 6.50. The molecule has 2 aromatic carbocycles. The Morgan fingerprint density at radius 2 is 1.68 bits per heavy atom. The van der Waals surface area contributed by atoms with Crippen molar-refractivity contribution in [2.45, 2.75) is 50.4 Å². The quantitative estimate of drug-likeness (QED) is 0.315. The summed E-state index contributed by atoms with van der Waals surface area (Å²) in [6.45, 7) is 0.933. The number of rotatable bonds is 5. The van der Waals surface area contributed by atoms with E-state index < -0.39 is 0 Å². The van der Waals surface area contributed by atoms with Crippen molar-refractivity contribution in [3.05, 3.63) is 91.0 Å². The number of nitrogens with zero attached hydrogens (tertiary/aromatic N) is 4. The van der Waals surface area contributed by atoms with Crippen molar-refractivity contribution in [2.75, 3.05) is 12.0 Å². The van der Waals surface area contributed by atoms with Gasteiger partial charge in [0.2, 0.25) is 0 Å². The summed E-state index contributed by atoms with van der Waals surface area (Å²) >= 11 is 0. The molecule has 2 atom stereocenters. The summed E-state index contributed by atoms with van der Waals surface area (Å²) in [5.41, 5.74) is 5.62. The zero-order valence-electron chi connectivity index (χ0n) is 21.0. The molecule has 186 valence electrons.